The number of anilines is 2. The van der Waals surface area contributed by atoms with Crippen molar-refractivity contribution >= 4 is 28.1 Å². The molecule has 0 aliphatic rings. The van der Waals surface area contributed by atoms with Crippen LogP contribution in [0.25, 0.3) is 0 Å². The monoisotopic (exact) mass is 418 g/mol. The van der Waals surface area contributed by atoms with Gasteiger partial charge in [-0.15, -0.1) is 11.3 Å². The molecule has 0 aliphatic carbocycles. The summed E-state index contributed by atoms with van der Waals surface area (Å²) in [6, 6.07) is -3.05. The van der Waals surface area contributed by atoms with Gasteiger partial charge in [0.1, 0.15) is 0 Å². The van der Waals surface area contributed by atoms with Crippen LogP contribution < -0.4 is 11.1 Å². The lowest BCUT2D eigenvalue weighted by Crippen LogP contribution is -2.14. The number of unbranched alkanes of at least 4 members (excludes halogenated alkanes) is 1. The number of carbonyl (C=O) groups excluding carboxylic acids is 1. The van der Waals surface area contributed by atoms with Gasteiger partial charge in [-0.1, -0.05) is 48.2 Å². The Labute approximate surface area is 188 Å². The highest BCUT2D eigenvalue weighted by Gasteiger charge is 2.08. The Bertz CT molecular complexity index is 1340. The number of hydrogen-bond acceptors (Lipinski definition) is 5. The summed E-state index contributed by atoms with van der Waals surface area (Å²) >= 11 is 1.17. The summed E-state index contributed by atoms with van der Waals surface area (Å²) in [5.41, 5.74) is 5.54. The van der Waals surface area contributed by atoms with Crippen LogP contribution in [0.4, 0.5) is 10.8 Å². The van der Waals surface area contributed by atoms with E-state index in [1.807, 2.05) is 0 Å². The zero-order valence-electron chi connectivity index (χ0n) is 24.9. The quantitative estimate of drug-likeness (QED) is 0.441. The van der Waals surface area contributed by atoms with Crippen molar-refractivity contribution in [1.82, 2.24) is 4.98 Å². The van der Waals surface area contributed by atoms with Crippen molar-refractivity contribution in [2.75, 3.05) is 11.1 Å². The minimum absolute atomic E-state index is 0.0839. The number of aromatic nitrogens is 1. The average Bonchev–Trinajstić information content (AvgIpc) is 3.26. The second kappa shape index (κ2) is 10.2. The van der Waals surface area contributed by atoms with Crippen molar-refractivity contribution in [2.24, 2.45) is 0 Å². The largest absolute Gasteiger partial charge is 0.388 e. The molecule has 0 fully saturated rings. The SMILES string of the molecule is [2H]c1c([2H])c([C@@]([2H])(O)CCCCc2c([2H])c([2H])c(NC(=O)Cc3csc(N)n3)c([2H])c2[2H])c([2H])c([2H])c1C. The lowest BCUT2D eigenvalue weighted by molar-refractivity contribution is -0.115. The fourth-order valence-corrected chi connectivity index (χ4v) is 3.08. The van der Waals surface area contributed by atoms with Gasteiger partial charge < -0.3 is 16.2 Å². The molecular formula is C23H27N3O2S. The first kappa shape index (κ1) is 12.1. The summed E-state index contributed by atoms with van der Waals surface area (Å²) < 4.78 is 73.5. The van der Waals surface area contributed by atoms with Crippen LogP contribution in [0.3, 0.4) is 0 Å². The van der Waals surface area contributed by atoms with E-state index in [2.05, 4.69) is 10.3 Å². The molecule has 4 N–H and O–H groups in total. The first-order valence-electron chi connectivity index (χ1n) is 13.6. The molecule has 5 nitrogen and oxygen atoms in total. The molecule has 1 amide bonds. The Morgan fingerprint density at radius 3 is 2.62 bits per heavy atom. The molecule has 29 heavy (non-hydrogen) atoms. The molecule has 0 saturated heterocycles. The number of thiazole rings is 1. The molecule has 2 aromatic carbocycles. The van der Waals surface area contributed by atoms with Gasteiger partial charge >= 0.3 is 0 Å². The predicted molar refractivity (Wildman–Crippen MR) is 119 cm³/mol. The molecule has 0 saturated carbocycles. The predicted octanol–water partition coefficient (Wildman–Crippen LogP) is 4.66. The van der Waals surface area contributed by atoms with Crippen molar-refractivity contribution in [2.45, 2.75) is 45.1 Å². The summed E-state index contributed by atoms with van der Waals surface area (Å²) in [4.78, 5) is 16.3. The molecule has 3 aromatic rings. The van der Waals surface area contributed by atoms with Gasteiger partial charge in [0.05, 0.1) is 30.5 Å². The minimum Gasteiger partial charge on any atom is -0.388 e. The molecule has 0 radical (unpaired) electrons. The Morgan fingerprint density at radius 2 is 1.97 bits per heavy atom. The first-order chi connectivity index (χ1) is 17.7. The second-order valence-electron chi connectivity index (χ2n) is 6.41. The van der Waals surface area contributed by atoms with Gasteiger partial charge in [0.15, 0.2) is 5.13 Å². The van der Waals surface area contributed by atoms with Gasteiger partial charge in [-0.3, -0.25) is 4.79 Å². The van der Waals surface area contributed by atoms with E-state index in [1.54, 1.807) is 5.38 Å². The van der Waals surface area contributed by atoms with Crippen molar-refractivity contribution in [3.8, 4) is 0 Å². The molecule has 0 aliphatic heterocycles. The van der Waals surface area contributed by atoms with Crippen LogP contribution in [0.1, 0.15) is 60.1 Å². The Balaban J connectivity index is 1.71. The van der Waals surface area contributed by atoms with Crippen LogP contribution in [0.5, 0.6) is 0 Å². The molecule has 3 rings (SSSR count). The second-order valence-corrected chi connectivity index (χ2v) is 7.30. The lowest BCUT2D eigenvalue weighted by Gasteiger charge is -2.11. The normalized spacial score (nSPS) is 17.4. The van der Waals surface area contributed by atoms with Gasteiger partial charge in [0.25, 0.3) is 0 Å². The maximum atomic E-state index is 12.4. The van der Waals surface area contributed by atoms with E-state index in [0.29, 0.717) is 10.8 Å². The van der Waals surface area contributed by atoms with Crippen molar-refractivity contribution in [3.63, 3.8) is 0 Å². The number of nitrogen functional groups attached to an aromatic ring is 1. The number of carbonyl (C=O) groups is 1. The summed E-state index contributed by atoms with van der Waals surface area (Å²) in [6.45, 7) is 1.43. The van der Waals surface area contributed by atoms with Crippen molar-refractivity contribution in [1.29, 1.82) is 0 Å². The molecular weight excluding hydrogens is 382 g/mol. The molecule has 152 valence electrons. The standard InChI is InChI=1S/C23H27N3O2S/c1-16-6-10-18(11-7-16)21(27)5-3-2-4-17-8-12-19(13-9-17)25-22(28)14-20-15-29-23(24)26-20/h6-13,15,21,27H,2-5,14H2,1H3,(H2,24,26)(H,25,28)/t21-/m0/s1/i6D,7D,8D,9D,10D,11D,12D,13D,21D. The summed E-state index contributed by atoms with van der Waals surface area (Å²) in [6.07, 6.45) is -2.26. The number of benzene rings is 2. The highest BCUT2D eigenvalue weighted by molar-refractivity contribution is 7.13. The van der Waals surface area contributed by atoms with Crippen LogP contribution in [0.15, 0.2) is 53.7 Å². The highest BCUT2D eigenvalue weighted by atomic mass is 32.1. The smallest absolute Gasteiger partial charge is 0.230 e. The maximum Gasteiger partial charge on any atom is 0.230 e. The molecule has 6 heteroatoms. The molecule has 1 atom stereocenters. The molecule has 0 bridgehead atoms. The van der Waals surface area contributed by atoms with E-state index in [1.165, 1.54) is 18.3 Å². The fraction of sp³-hybridized carbons (Fsp3) is 0.304. The van der Waals surface area contributed by atoms with Gasteiger partial charge in [0, 0.05) is 11.1 Å². The van der Waals surface area contributed by atoms with Crippen LogP contribution in [-0.4, -0.2) is 16.0 Å². The number of amides is 1. The highest BCUT2D eigenvalue weighted by Crippen LogP contribution is 2.21. The Hall–Kier alpha value is -2.70. The van der Waals surface area contributed by atoms with E-state index in [-0.39, 0.29) is 73.1 Å². The van der Waals surface area contributed by atoms with Gasteiger partial charge in [0.2, 0.25) is 5.91 Å². The van der Waals surface area contributed by atoms with Crippen LogP contribution in [0, 0.1) is 6.92 Å². The average molecular weight is 419 g/mol. The van der Waals surface area contributed by atoms with Crippen molar-refractivity contribution in [3.05, 3.63) is 76.1 Å². The zero-order chi connectivity index (χ0) is 28.5. The Morgan fingerprint density at radius 1 is 1.24 bits per heavy atom. The number of hydrogen-bond donors (Lipinski definition) is 3. The maximum absolute atomic E-state index is 12.4. The third kappa shape index (κ3) is 6.69. The number of nitrogens with zero attached hydrogens (tertiary/aromatic N) is 1. The van der Waals surface area contributed by atoms with Gasteiger partial charge in [-0.05, 0) is 49.4 Å². The number of nitrogens with two attached hydrogens (primary N) is 1. The van der Waals surface area contributed by atoms with E-state index < -0.39 is 41.7 Å². The number of rotatable bonds is 9. The van der Waals surface area contributed by atoms with Crippen LogP contribution in [-0.2, 0) is 17.6 Å². The first-order valence-corrected chi connectivity index (χ1v) is 9.94. The number of aliphatic hydroxyl groups is 1. The molecule has 0 spiro atoms. The third-order valence-corrected chi connectivity index (χ3v) is 4.70. The zero-order valence-corrected chi connectivity index (χ0v) is 16.7. The van der Waals surface area contributed by atoms with Gasteiger partial charge in [-0.2, -0.15) is 0 Å². The summed E-state index contributed by atoms with van der Waals surface area (Å²) in [5, 5.41) is 15.0. The topological polar surface area (TPSA) is 88.2 Å². The minimum atomic E-state index is -2.39. The van der Waals surface area contributed by atoms with E-state index in [9.17, 15) is 9.90 Å². The Kier molecular flexibility index (Phi) is 4.25. The molecule has 1 heterocycles. The third-order valence-electron chi connectivity index (χ3n) is 3.98. The van der Waals surface area contributed by atoms with E-state index in [4.69, 9.17) is 18.1 Å². The molecule has 1 aromatic heterocycles. The van der Waals surface area contributed by atoms with Crippen LogP contribution >= 0.6 is 11.3 Å². The number of nitrogens with one attached hydrogen (secondary N) is 1. The lowest BCUT2D eigenvalue weighted by atomic mass is 10.0. The van der Waals surface area contributed by atoms with Crippen molar-refractivity contribution < 1.29 is 22.2 Å². The van der Waals surface area contributed by atoms with Crippen LogP contribution in [0.2, 0.25) is 0 Å². The summed E-state index contributed by atoms with van der Waals surface area (Å²) in [7, 11) is 0. The summed E-state index contributed by atoms with van der Waals surface area (Å²) in [5.74, 6) is -0.566. The van der Waals surface area contributed by atoms with E-state index >= 15 is 0 Å². The van der Waals surface area contributed by atoms with Gasteiger partial charge in [-0.25, -0.2) is 4.98 Å². The fourth-order valence-electron chi connectivity index (χ4n) is 2.52. The van der Waals surface area contributed by atoms with E-state index in [0.717, 1.165) is 0 Å². The molecule has 0 unspecified atom stereocenters.